The van der Waals surface area contributed by atoms with Crippen molar-refractivity contribution in [2.75, 3.05) is 13.2 Å². The quantitative estimate of drug-likeness (QED) is 0.264. The summed E-state index contributed by atoms with van der Waals surface area (Å²) in [4.78, 5) is 0. The summed E-state index contributed by atoms with van der Waals surface area (Å²) in [5.74, 6) is 2.92. The zero-order valence-corrected chi connectivity index (χ0v) is 25.1. The lowest BCUT2D eigenvalue weighted by molar-refractivity contribution is -0.0285. The van der Waals surface area contributed by atoms with Gasteiger partial charge in [0.1, 0.15) is 35.6 Å². The average Bonchev–Trinajstić information content (AvgIpc) is 3.52. The fourth-order valence-electron chi connectivity index (χ4n) is 5.41. The average molecular weight is 543 g/mol. The Morgan fingerprint density at radius 2 is 1.45 bits per heavy atom. The second kappa shape index (κ2) is 11.5. The van der Waals surface area contributed by atoms with Gasteiger partial charge in [0, 0.05) is 41.7 Å². The van der Waals surface area contributed by atoms with Crippen LogP contribution in [0.15, 0.2) is 48.8 Å². The van der Waals surface area contributed by atoms with E-state index in [0.717, 1.165) is 47.2 Å². The largest absolute Gasteiger partial charge is 0.488 e. The van der Waals surface area contributed by atoms with E-state index in [1.807, 2.05) is 36.5 Å². The highest BCUT2D eigenvalue weighted by atomic mass is 16.5. The Hall–Kier alpha value is -3.58. The van der Waals surface area contributed by atoms with Crippen LogP contribution in [0.3, 0.4) is 0 Å². The van der Waals surface area contributed by atoms with Crippen molar-refractivity contribution >= 4 is 0 Å². The van der Waals surface area contributed by atoms with Gasteiger partial charge in [0.15, 0.2) is 0 Å². The Labute approximate surface area is 238 Å². The summed E-state index contributed by atoms with van der Waals surface area (Å²) in [6.45, 7) is 17.0. The molecule has 3 aliphatic rings. The van der Waals surface area contributed by atoms with Crippen LogP contribution in [0.4, 0.5) is 0 Å². The standard InChI is InChI=1S/C16H18N2O2.C15H18N2O.C2H6/c1-10(2)13-4-3-5-14-15-11(7-20-16(13)14)6-18(17-15)12-8-19-9-12;1-9(2)11-6-5-7-12-14-13(8-17(4)16-14)10(3)18-15(11)12;1-2/h3-6,10,12H,7-9H2,1-2H3;5-10H,1-4H3;1-2H3. The molecule has 40 heavy (non-hydrogen) atoms. The second-order valence-electron chi connectivity index (χ2n) is 11.1. The molecule has 7 nitrogen and oxygen atoms in total. The van der Waals surface area contributed by atoms with Gasteiger partial charge in [-0.05, 0) is 42.0 Å². The van der Waals surface area contributed by atoms with Crippen molar-refractivity contribution in [1.29, 1.82) is 0 Å². The summed E-state index contributed by atoms with van der Waals surface area (Å²) < 4.78 is 21.3. The number of benzene rings is 2. The molecular formula is C33H42N4O3. The molecule has 0 N–H and O–H groups in total. The maximum atomic E-state index is 6.11. The van der Waals surface area contributed by atoms with Crippen molar-refractivity contribution in [2.45, 2.75) is 79.1 Å². The fraction of sp³-hybridized carbons (Fsp3) is 0.455. The van der Waals surface area contributed by atoms with E-state index < -0.39 is 0 Å². The molecule has 1 fully saturated rings. The molecule has 7 heteroatoms. The third-order valence-corrected chi connectivity index (χ3v) is 7.61. The fourth-order valence-corrected chi connectivity index (χ4v) is 5.41. The van der Waals surface area contributed by atoms with E-state index >= 15 is 0 Å². The lowest BCUT2D eigenvalue weighted by Crippen LogP contribution is -2.30. The molecule has 2 aromatic carbocycles. The second-order valence-corrected chi connectivity index (χ2v) is 11.1. The highest BCUT2D eigenvalue weighted by Gasteiger charge is 2.29. The summed E-state index contributed by atoms with van der Waals surface area (Å²) in [6.07, 6.45) is 4.22. The van der Waals surface area contributed by atoms with Crippen LogP contribution >= 0.6 is 0 Å². The summed E-state index contributed by atoms with van der Waals surface area (Å²) >= 11 is 0. The molecule has 2 aromatic heterocycles. The lowest BCUT2D eigenvalue weighted by atomic mass is 9.93. The maximum Gasteiger partial charge on any atom is 0.133 e. The predicted molar refractivity (Wildman–Crippen MR) is 159 cm³/mol. The molecule has 0 amide bonds. The molecule has 4 aromatic rings. The summed E-state index contributed by atoms with van der Waals surface area (Å²) in [5.41, 5.74) is 9.24. The van der Waals surface area contributed by atoms with Gasteiger partial charge in [0.2, 0.25) is 0 Å². The minimum Gasteiger partial charge on any atom is -0.488 e. The molecule has 0 aliphatic carbocycles. The number of hydrogen-bond acceptors (Lipinski definition) is 5. The van der Waals surface area contributed by atoms with Gasteiger partial charge in [0.05, 0.1) is 19.3 Å². The molecule has 0 spiro atoms. The molecule has 1 atom stereocenters. The van der Waals surface area contributed by atoms with E-state index in [1.54, 1.807) is 0 Å². The van der Waals surface area contributed by atoms with Crippen molar-refractivity contribution < 1.29 is 14.2 Å². The van der Waals surface area contributed by atoms with Crippen LogP contribution in [0.2, 0.25) is 0 Å². The minimum atomic E-state index is 0.0705. The third kappa shape index (κ3) is 5.03. The van der Waals surface area contributed by atoms with Crippen LogP contribution in [0.1, 0.15) is 94.7 Å². The number of nitrogens with zero attached hydrogens (tertiary/aromatic N) is 4. The summed E-state index contributed by atoms with van der Waals surface area (Å²) in [7, 11) is 1.96. The van der Waals surface area contributed by atoms with Crippen LogP contribution in [-0.4, -0.2) is 32.8 Å². The van der Waals surface area contributed by atoms with Gasteiger partial charge in [-0.15, -0.1) is 0 Å². The maximum absolute atomic E-state index is 6.11. The summed E-state index contributed by atoms with van der Waals surface area (Å²) in [6, 6.07) is 13.1. The van der Waals surface area contributed by atoms with Crippen molar-refractivity contribution in [2.24, 2.45) is 7.05 Å². The van der Waals surface area contributed by atoms with Crippen molar-refractivity contribution in [3.63, 3.8) is 0 Å². The molecule has 1 saturated heterocycles. The molecule has 212 valence electrons. The zero-order chi connectivity index (χ0) is 28.6. The SMILES string of the molecule is CC.CC(C)c1cccc2c1OC(C)c1cn(C)nc1-2.CC(C)c1cccc2c1OCc1cn(C3COC3)nc1-2. The minimum absolute atomic E-state index is 0.0705. The highest BCUT2D eigenvalue weighted by Crippen LogP contribution is 2.45. The zero-order valence-electron chi connectivity index (χ0n) is 25.1. The van der Waals surface area contributed by atoms with E-state index in [0.29, 0.717) is 24.5 Å². The Bertz CT molecular complexity index is 1480. The number of aryl methyl sites for hydroxylation is 1. The number of hydrogen-bond donors (Lipinski definition) is 0. The molecule has 3 aliphatic heterocycles. The normalized spacial score (nSPS) is 16.6. The van der Waals surface area contributed by atoms with Gasteiger partial charge < -0.3 is 14.2 Å². The topological polar surface area (TPSA) is 63.3 Å². The van der Waals surface area contributed by atoms with Crippen molar-refractivity contribution in [1.82, 2.24) is 19.6 Å². The van der Waals surface area contributed by atoms with E-state index in [4.69, 9.17) is 19.3 Å². The van der Waals surface area contributed by atoms with E-state index in [1.165, 1.54) is 22.3 Å². The first kappa shape index (κ1) is 28.0. The summed E-state index contributed by atoms with van der Waals surface area (Å²) in [5, 5.41) is 9.35. The van der Waals surface area contributed by atoms with Crippen LogP contribution in [0.25, 0.3) is 22.5 Å². The van der Waals surface area contributed by atoms with Gasteiger partial charge in [-0.3, -0.25) is 9.36 Å². The third-order valence-electron chi connectivity index (χ3n) is 7.61. The smallest absolute Gasteiger partial charge is 0.133 e. The highest BCUT2D eigenvalue weighted by molar-refractivity contribution is 5.75. The molecule has 1 unspecified atom stereocenters. The van der Waals surface area contributed by atoms with Crippen molar-refractivity contribution in [3.8, 4) is 34.0 Å². The molecule has 7 rings (SSSR count). The van der Waals surface area contributed by atoms with Crippen LogP contribution < -0.4 is 9.47 Å². The Balaban J connectivity index is 0.000000153. The van der Waals surface area contributed by atoms with Gasteiger partial charge in [-0.1, -0.05) is 65.8 Å². The number of rotatable bonds is 3. The molecule has 0 radical (unpaired) electrons. The van der Waals surface area contributed by atoms with Crippen molar-refractivity contribution in [3.05, 3.63) is 71.0 Å². The van der Waals surface area contributed by atoms with Gasteiger partial charge in [0.25, 0.3) is 0 Å². The van der Waals surface area contributed by atoms with Crippen LogP contribution in [0, 0.1) is 0 Å². The first-order valence-corrected chi connectivity index (χ1v) is 14.6. The number of fused-ring (bicyclic) bond motifs is 6. The van der Waals surface area contributed by atoms with E-state index in [-0.39, 0.29) is 6.10 Å². The van der Waals surface area contributed by atoms with Crippen LogP contribution in [-0.2, 0) is 18.4 Å². The number of para-hydroxylation sites is 2. The monoisotopic (exact) mass is 542 g/mol. The predicted octanol–water partition coefficient (Wildman–Crippen LogP) is 7.83. The number of ether oxygens (including phenoxy) is 3. The van der Waals surface area contributed by atoms with Gasteiger partial charge in [-0.25, -0.2) is 0 Å². The van der Waals surface area contributed by atoms with Crippen LogP contribution in [0.5, 0.6) is 11.5 Å². The molecular weight excluding hydrogens is 500 g/mol. The Kier molecular flexibility index (Phi) is 8.04. The molecule has 0 bridgehead atoms. The molecule has 0 saturated carbocycles. The Morgan fingerprint density at radius 1 is 0.825 bits per heavy atom. The van der Waals surface area contributed by atoms with Gasteiger partial charge >= 0.3 is 0 Å². The first-order chi connectivity index (χ1) is 19.3. The number of aromatic nitrogens is 4. The molecule has 5 heterocycles. The lowest BCUT2D eigenvalue weighted by Gasteiger charge is -2.26. The van der Waals surface area contributed by atoms with E-state index in [2.05, 4.69) is 82.3 Å². The van der Waals surface area contributed by atoms with Gasteiger partial charge in [-0.2, -0.15) is 10.2 Å². The first-order valence-electron chi connectivity index (χ1n) is 14.6. The van der Waals surface area contributed by atoms with E-state index in [9.17, 15) is 0 Å². The Morgan fingerprint density at radius 3 is 2.05 bits per heavy atom.